The SMILES string of the molecule is CNCCCN1CC[C@@H](CNC(=O)c2cc(Cl)c(Cl)c3c2OCCCO3)[C@H](O)C1. The average molecular weight is 446 g/mol. The van der Waals surface area contributed by atoms with E-state index in [1.165, 1.54) is 6.07 Å². The summed E-state index contributed by atoms with van der Waals surface area (Å²) >= 11 is 12.4. The van der Waals surface area contributed by atoms with Crippen molar-refractivity contribution in [2.24, 2.45) is 5.92 Å². The number of aliphatic hydroxyl groups is 1. The fourth-order valence-corrected chi connectivity index (χ4v) is 4.11. The van der Waals surface area contributed by atoms with E-state index >= 15 is 0 Å². The zero-order chi connectivity index (χ0) is 20.8. The summed E-state index contributed by atoms with van der Waals surface area (Å²) in [6.07, 6.45) is 2.11. The quantitative estimate of drug-likeness (QED) is 0.557. The van der Waals surface area contributed by atoms with Crippen molar-refractivity contribution in [1.82, 2.24) is 15.5 Å². The van der Waals surface area contributed by atoms with Crippen LogP contribution in [0.2, 0.25) is 10.0 Å². The van der Waals surface area contributed by atoms with Gasteiger partial charge in [-0.15, -0.1) is 0 Å². The van der Waals surface area contributed by atoms with Gasteiger partial charge in [0.25, 0.3) is 5.91 Å². The predicted molar refractivity (Wildman–Crippen MR) is 113 cm³/mol. The molecule has 0 aromatic heterocycles. The van der Waals surface area contributed by atoms with Crippen LogP contribution in [-0.2, 0) is 0 Å². The molecule has 1 aromatic carbocycles. The Bertz CT molecular complexity index is 719. The molecular weight excluding hydrogens is 417 g/mol. The van der Waals surface area contributed by atoms with Gasteiger partial charge in [0.2, 0.25) is 0 Å². The molecule has 29 heavy (non-hydrogen) atoms. The second kappa shape index (κ2) is 10.7. The maximum absolute atomic E-state index is 12.8. The Morgan fingerprint density at radius 3 is 2.79 bits per heavy atom. The van der Waals surface area contributed by atoms with Gasteiger partial charge in [0, 0.05) is 25.4 Å². The van der Waals surface area contributed by atoms with Gasteiger partial charge in [-0.3, -0.25) is 4.79 Å². The van der Waals surface area contributed by atoms with Crippen molar-refractivity contribution < 1.29 is 19.4 Å². The van der Waals surface area contributed by atoms with Crippen LogP contribution in [-0.4, -0.2) is 75.0 Å². The number of likely N-dealkylation sites (tertiary alicyclic amines) is 1. The van der Waals surface area contributed by atoms with Gasteiger partial charge in [-0.1, -0.05) is 23.2 Å². The summed E-state index contributed by atoms with van der Waals surface area (Å²) in [4.78, 5) is 15.1. The van der Waals surface area contributed by atoms with Crippen LogP contribution in [0, 0.1) is 5.92 Å². The Labute approximate surface area is 181 Å². The maximum Gasteiger partial charge on any atom is 0.255 e. The molecular formula is C20H29Cl2N3O4. The van der Waals surface area contributed by atoms with Crippen LogP contribution in [0.1, 0.15) is 29.6 Å². The molecule has 0 bridgehead atoms. The number of amides is 1. The van der Waals surface area contributed by atoms with Crippen LogP contribution in [0.15, 0.2) is 6.07 Å². The summed E-state index contributed by atoms with van der Waals surface area (Å²) in [6.45, 7) is 4.75. The Hall–Kier alpha value is -1.25. The molecule has 9 heteroatoms. The van der Waals surface area contributed by atoms with Gasteiger partial charge in [0.1, 0.15) is 5.02 Å². The summed E-state index contributed by atoms with van der Waals surface area (Å²) in [5, 5.41) is 17.0. The zero-order valence-electron chi connectivity index (χ0n) is 16.7. The summed E-state index contributed by atoms with van der Waals surface area (Å²) in [7, 11) is 1.94. The van der Waals surface area contributed by atoms with Gasteiger partial charge in [-0.2, -0.15) is 0 Å². The number of aliphatic hydroxyl groups excluding tert-OH is 1. The molecule has 0 spiro atoms. The van der Waals surface area contributed by atoms with Crippen molar-refractivity contribution in [3.05, 3.63) is 21.7 Å². The number of halogens is 2. The number of carbonyl (C=O) groups is 1. The lowest BCUT2D eigenvalue weighted by Gasteiger charge is -2.36. The normalized spacial score (nSPS) is 22.2. The van der Waals surface area contributed by atoms with E-state index in [1.807, 2.05) is 7.05 Å². The molecule has 1 saturated heterocycles. The standard InChI is InChI=1S/C20H29Cl2N3O4/c1-23-5-2-6-25-7-4-13(16(26)12-25)11-24-20(27)14-10-15(21)17(22)19-18(14)28-8-3-9-29-19/h10,13,16,23,26H,2-9,11-12H2,1H3,(H,24,27)/t13-,16+/m0/s1. The minimum absolute atomic E-state index is 0.0121. The third-order valence-electron chi connectivity index (χ3n) is 5.39. The molecule has 162 valence electrons. The molecule has 3 N–H and O–H groups in total. The Morgan fingerprint density at radius 1 is 1.31 bits per heavy atom. The van der Waals surface area contributed by atoms with Crippen molar-refractivity contribution in [2.75, 3.05) is 53.0 Å². The number of nitrogens with zero attached hydrogens (tertiary/aromatic N) is 1. The van der Waals surface area contributed by atoms with Gasteiger partial charge in [0.05, 0.1) is 29.9 Å². The van der Waals surface area contributed by atoms with E-state index in [0.29, 0.717) is 49.8 Å². The summed E-state index contributed by atoms with van der Waals surface area (Å²) < 4.78 is 11.4. The van der Waals surface area contributed by atoms with E-state index in [9.17, 15) is 9.90 Å². The second-order valence-corrected chi connectivity index (χ2v) is 8.30. The lowest BCUT2D eigenvalue weighted by molar-refractivity contribution is 0.0218. The number of hydrogen-bond acceptors (Lipinski definition) is 6. The first-order chi connectivity index (χ1) is 14.0. The molecule has 2 aliphatic heterocycles. The highest BCUT2D eigenvalue weighted by molar-refractivity contribution is 6.43. The summed E-state index contributed by atoms with van der Waals surface area (Å²) in [5.41, 5.74) is 0.301. The number of nitrogens with one attached hydrogen (secondary N) is 2. The molecule has 2 heterocycles. The monoisotopic (exact) mass is 445 g/mol. The highest BCUT2D eigenvalue weighted by Crippen LogP contribution is 2.44. The minimum Gasteiger partial charge on any atom is -0.489 e. The van der Waals surface area contributed by atoms with Crippen LogP contribution in [0.25, 0.3) is 0 Å². The molecule has 3 rings (SSSR count). The first-order valence-corrected chi connectivity index (χ1v) is 10.9. The van der Waals surface area contributed by atoms with Crippen LogP contribution in [0.3, 0.4) is 0 Å². The van der Waals surface area contributed by atoms with Gasteiger partial charge in [-0.25, -0.2) is 0 Å². The predicted octanol–water partition coefficient (Wildman–Crippen LogP) is 2.18. The zero-order valence-corrected chi connectivity index (χ0v) is 18.2. The maximum atomic E-state index is 12.8. The van der Waals surface area contributed by atoms with Crippen LogP contribution in [0.5, 0.6) is 11.5 Å². The molecule has 2 aliphatic rings. The van der Waals surface area contributed by atoms with Crippen molar-refractivity contribution >= 4 is 29.1 Å². The van der Waals surface area contributed by atoms with Crippen molar-refractivity contribution in [2.45, 2.75) is 25.4 Å². The van der Waals surface area contributed by atoms with E-state index < -0.39 is 6.10 Å². The lowest BCUT2D eigenvalue weighted by Crippen LogP contribution is -2.48. The molecule has 1 fully saturated rings. The first kappa shape index (κ1) is 22.4. The number of benzene rings is 1. The van der Waals surface area contributed by atoms with Gasteiger partial charge < -0.3 is 30.1 Å². The van der Waals surface area contributed by atoms with Crippen molar-refractivity contribution in [3.8, 4) is 11.5 Å². The molecule has 0 unspecified atom stereocenters. The molecule has 2 atom stereocenters. The Balaban J connectivity index is 1.60. The third kappa shape index (κ3) is 5.67. The molecule has 0 radical (unpaired) electrons. The number of piperidine rings is 1. The number of rotatable bonds is 7. The van der Waals surface area contributed by atoms with E-state index in [2.05, 4.69) is 15.5 Å². The number of fused-ring (bicyclic) bond motifs is 1. The second-order valence-electron chi connectivity index (χ2n) is 7.51. The summed E-state index contributed by atoms with van der Waals surface area (Å²) in [6, 6.07) is 1.51. The third-order valence-corrected chi connectivity index (χ3v) is 6.16. The van der Waals surface area contributed by atoms with E-state index in [1.54, 1.807) is 0 Å². The fourth-order valence-electron chi connectivity index (χ4n) is 3.72. The largest absolute Gasteiger partial charge is 0.489 e. The number of ether oxygens (including phenoxy) is 2. The molecule has 0 saturated carbocycles. The van der Waals surface area contributed by atoms with Crippen LogP contribution < -0.4 is 20.1 Å². The van der Waals surface area contributed by atoms with Crippen molar-refractivity contribution in [3.63, 3.8) is 0 Å². The number of carbonyl (C=O) groups excluding carboxylic acids is 1. The Kier molecular flexibility index (Phi) is 8.26. The van der Waals surface area contributed by atoms with Crippen LogP contribution >= 0.6 is 23.2 Å². The fraction of sp³-hybridized carbons (Fsp3) is 0.650. The van der Waals surface area contributed by atoms with E-state index in [-0.39, 0.29) is 21.9 Å². The minimum atomic E-state index is -0.468. The molecule has 7 nitrogen and oxygen atoms in total. The molecule has 0 aliphatic carbocycles. The van der Waals surface area contributed by atoms with E-state index in [0.717, 1.165) is 32.5 Å². The smallest absolute Gasteiger partial charge is 0.255 e. The average Bonchev–Trinajstić information content (AvgIpc) is 2.96. The van der Waals surface area contributed by atoms with Gasteiger partial charge >= 0.3 is 0 Å². The number of β-amino-alcohol motifs (C(OH)–C–C–N with tert-alkyl or cyclic N) is 1. The Morgan fingerprint density at radius 2 is 2.07 bits per heavy atom. The van der Waals surface area contributed by atoms with Gasteiger partial charge in [-0.05, 0) is 45.6 Å². The summed E-state index contributed by atoms with van der Waals surface area (Å²) in [5.74, 6) is 0.345. The highest BCUT2D eigenvalue weighted by atomic mass is 35.5. The first-order valence-electron chi connectivity index (χ1n) is 10.1. The highest BCUT2D eigenvalue weighted by Gasteiger charge is 2.29. The lowest BCUT2D eigenvalue weighted by atomic mass is 9.93. The van der Waals surface area contributed by atoms with Gasteiger partial charge in [0.15, 0.2) is 11.5 Å². The topological polar surface area (TPSA) is 83.1 Å². The number of hydrogen-bond donors (Lipinski definition) is 3. The van der Waals surface area contributed by atoms with E-state index in [4.69, 9.17) is 32.7 Å². The molecule has 1 amide bonds. The van der Waals surface area contributed by atoms with Crippen LogP contribution in [0.4, 0.5) is 0 Å². The van der Waals surface area contributed by atoms with Crippen molar-refractivity contribution in [1.29, 1.82) is 0 Å². The molecule has 1 aromatic rings.